The number of rotatable bonds is 13. The molecule has 220 valence electrons. The summed E-state index contributed by atoms with van der Waals surface area (Å²) in [4.78, 5) is 27.9. The van der Waals surface area contributed by atoms with Gasteiger partial charge in [-0.25, -0.2) is 12.8 Å². The first-order valence-electron chi connectivity index (χ1n) is 13.0. The Morgan fingerprint density at radius 1 is 0.976 bits per heavy atom. The van der Waals surface area contributed by atoms with E-state index in [9.17, 15) is 22.4 Å². The average molecular weight is 625 g/mol. The summed E-state index contributed by atoms with van der Waals surface area (Å²) < 4.78 is 47.6. The second-order valence-electron chi connectivity index (χ2n) is 9.13. The second kappa shape index (κ2) is 14.5. The molecule has 0 heterocycles. The van der Waals surface area contributed by atoms with Crippen molar-refractivity contribution in [1.82, 2.24) is 10.2 Å². The number of carbonyl (C=O) groups excluding carboxylic acids is 2. The van der Waals surface area contributed by atoms with Gasteiger partial charge in [0.1, 0.15) is 24.2 Å². The minimum absolute atomic E-state index is 0.0376. The van der Waals surface area contributed by atoms with Crippen molar-refractivity contribution >= 4 is 50.7 Å². The molecule has 0 aliphatic carbocycles. The van der Waals surface area contributed by atoms with Crippen LogP contribution in [0.1, 0.15) is 32.8 Å². The third-order valence-corrected chi connectivity index (χ3v) is 8.70. The van der Waals surface area contributed by atoms with E-state index < -0.39 is 40.2 Å². The molecule has 0 fully saturated rings. The van der Waals surface area contributed by atoms with Gasteiger partial charge in [-0.3, -0.25) is 13.9 Å². The highest BCUT2D eigenvalue weighted by Crippen LogP contribution is 2.28. The van der Waals surface area contributed by atoms with Crippen molar-refractivity contribution in [1.29, 1.82) is 0 Å². The van der Waals surface area contributed by atoms with Crippen molar-refractivity contribution in [3.05, 3.63) is 88.2 Å². The molecule has 3 rings (SSSR count). The monoisotopic (exact) mass is 623 g/mol. The predicted molar refractivity (Wildman–Crippen MR) is 158 cm³/mol. The van der Waals surface area contributed by atoms with E-state index in [-0.39, 0.29) is 22.2 Å². The molecule has 0 aliphatic heterocycles. The number of sulfonamides is 1. The van der Waals surface area contributed by atoms with Gasteiger partial charge in [-0.05, 0) is 86.5 Å². The van der Waals surface area contributed by atoms with Crippen molar-refractivity contribution in [2.75, 3.05) is 24.0 Å². The van der Waals surface area contributed by atoms with Crippen molar-refractivity contribution < 1.29 is 27.1 Å². The number of nitrogens with one attached hydrogen (secondary N) is 1. The molecule has 0 unspecified atom stereocenters. The molecular formula is C29H32Cl2FN3O5S. The minimum atomic E-state index is -4.33. The Morgan fingerprint density at radius 3 is 2.22 bits per heavy atom. The Kier molecular flexibility index (Phi) is 11.4. The van der Waals surface area contributed by atoms with Crippen molar-refractivity contribution in [2.45, 2.75) is 44.7 Å². The normalized spacial score (nSPS) is 12.0. The van der Waals surface area contributed by atoms with Crippen LogP contribution < -0.4 is 14.4 Å². The van der Waals surface area contributed by atoms with Crippen LogP contribution in [0.5, 0.6) is 5.75 Å². The van der Waals surface area contributed by atoms with Crippen molar-refractivity contribution in [2.24, 2.45) is 0 Å². The largest absolute Gasteiger partial charge is 0.494 e. The number of benzene rings is 3. The molecule has 0 radical (unpaired) electrons. The summed E-state index contributed by atoms with van der Waals surface area (Å²) in [6.45, 7) is 5.43. The van der Waals surface area contributed by atoms with Gasteiger partial charge < -0.3 is 15.0 Å². The van der Waals surface area contributed by atoms with Crippen LogP contribution in [0.3, 0.4) is 0 Å². The van der Waals surface area contributed by atoms with E-state index in [1.807, 2.05) is 13.8 Å². The van der Waals surface area contributed by atoms with E-state index in [2.05, 4.69) is 5.32 Å². The number of amides is 2. The molecule has 0 spiro atoms. The van der Waals surface area contributed by atoms with Gasteiger partial charge in [-0.1, -0.05) is 36.2 Å². The van der Waals surface area contributed by atoms with E-state index in [0.29, 0.717) is 35.9 Å². The fraction of sp³-hybridized carbons (Fsp3) is 0.310. The zero-order valence-electron chi connectivity index (χ0n) is 22.9. The smallest absolute Gasteiger partial charge is 0.264 e. The number of anilines is 1. The van der Waals surface area contributed by atoms with Gasteiger partial charge in [0.25, 0.3) is 10.0 Å². The summed E-state index contributed by atoms with van der Waals surface area (Å²) in [5.74, 6) is -1.12. The van der Waals surface area contributed by atoms with Crippen LogP contribution in [0.4, 0.5) is 10.1 Å². The molecule has 2 amide bonds. The lowest BCUT2D eigenvalue weighted by Crippen LogP contribution is -2.51. The van der Waals surface area contributed by atoms with Crippen molar-refractivity contribution in [3.63, 3.8) is 0 Å². The quantitative estimate of drug-likeness (QED) is 0.265. The van der Waals surface area contributed by atoms with Gasteiger partial charge in [-0.2, -0.15) is 0 Å². The molecule has 41 heavy (non-hydrogen) atoms. The van der Waals surface area contributed by atoms with Crippen LogP contribution >= 0.6 is 23.2 Å². The molecule has 0 saturated carbocycles. The fourth-order valence-electron chi connectivity index (χ4n) is 3.95. The summed E-state index contributed by atoms with van der Waals surface area (Å²) in [7, 11) is -4.33. The Morgan fingerprint density at radius 2 is 1.63 bits per heavy atom. The number of ether oxygens (including phenoxy) is 1. The first kappa shape index (κ1) is 32.2. The Hall–Kier alpha value is -3.34. The fourth-order valence-corrected chi connectivity index (χ4v) is 5.69. The highest BCUT2D eigenvalue weighted by Gasteiger charge is 2.32. The third-order valence-electron chi connectivity index (χ3n) is 6.17. The summed E-state index contributed by atoms with van der Waals surface area (Å²) in [5, 5.41) is 3.38. The van der Waals surface area contributed by atoms with Crippen LogP contribution in [-0.4, -0.2) is 50.9 Å². The maximum Gasteiger partial charge on any atom is 0.264 e. The van der Waals surface area contributed by atoms with Gasteiger partial charge in [-0.15, -0.1) is 0 Å². The number of halogens is 3. The lowest BCUT2D eigenvalue weighted by molar-refractivity contribution is -0.139. The molecule has 0 saturated heterocycles. The molecule has 12 heteroatoms. The van der Waals surface area contributed by atoms with Crippen LogP contribution in [-0.2, 0) is 26.2 Å². The van der Waals surface area contributed by atoms with Crippen LogP contribution in [0.2, 0.25) is 10.0 Å². The molecular weight excluding hydrogens is 592 g/mol. The zero-order valence-corrected chi connectivity index (χ0v) is 25.3. The van der Waals surface area contributed by atoms with E-state index in [4.69, 9.17) is 27.9 Å². The number of nitrogens with zero attached hydrogens (tertiary/aromatic N) is 2. The SMILES string of the molecule is CCCNC(=O)[C@@H](C)N(Cc1ccc(Cl)c(Cl)c1)C(=O)CN(c1ccc(OCC)cc1)S(=O)(=O)c1ccc(F)cc1. The average Bonchev–Trinajstić information content (AvgIpc) is 2.95. The lowest BCUT2D eigenvalue weighted by Gasteiger charge is -2.32. The van der Waals surface area contributed by atoms with Gasteiger partial charge >= 0.3 is 0 Å². The van der Waals surface area contributed by atoms with E-state index >= 15 is 0 Å². The van der Waals surface area contributed by atoms with Crippen LogP contribution in [0, 0.1) is 5.82 Å². The topological polar surface area (TPSA) is 96.0 Å². The maximum atomic E-state index is 13.9. The first-order chi connectivity index (χ1) is 19.5. The zero-order chi connectivity index (χ0) is 30.2. The van der Waals surface area contributed by atoms with E-state index in [1.54, 1.807) is 37.3 Å². The highest BCUT2D eigenvalue weighted by molar-refractivity contribution is 7.92. The molecule has 1 atom stereocenters. The van der Waals surface area contributed by atoms with Crippen molar-refractivity contribution in [3.8, 4) is 5.75 Å². The maximum absolute atomic E-state index is 13.9. The molecule has 3 aromatic carbocycles. The van der Waals surface area contributed by atoms with Gasteiger partial charge in [0.15, 0.2) is 0 Å². The molecule has 8 nitrogen and oxygen atoms in total. The van der Waals surface area contributed by atoms with Gasteiger partial charge in [0.2, 0.25) is 11.8 Å². The molecule has 1 N–H and O–H groups in total. The van der Waals surface area contributed by atoms with Crippen LogP contribution in [0.25, 0.3) is 0 Å². The second-order valence-corrected chi connectivity index (χ2v) is 11.8. The summed E-state index contributed by atoms with van der Waals surface area (Å²) >= 11 is 12.2. The summed E-state index contributed by atoms with van der Waals surface area (Å²) in [6.07, 6.45) is 0.695. The van der Waals surface area contributed by atoms with Gasteiger partial charge in [0, 0.05) is 13.1 Å². The third kappa shape index (κ3) is 8.34. The Bertz CT molecular complexity index is 1450. The molecule has 0 aliphatic rings. The minimum Gasteiger partial charge on any atom is -0.494 e. The predicted octanol–water partition coefficient (Wildman–Crippen LogP) is 5.67. The molecule has 0 bridgehead atoms. The first-order valence-corrected chi connectivity index (χ1v) is 15.2. The number of carbonyl (C=O) groups is 2. The Balaban J connectivity index is 2.03. The van der Waals surface area contributed by atoms with E-state index in [1.165, 1.54) is 17.0 Å². The van der Waals surface area contributed by atoms with E-state index in [0.717, 1.165) is 28.6 Å². The molecule has 0 aromatic heterocycles. The highest BCUT2D eigenvalue weighted by atomic mass is 35.5. The number of hydrogen-bond acceptors (Lipinski definition) is 5. The summed E-state index contributed by atoms with van der Waals surface area (Å²) in [6, 6.07) is 14.4. The number of hydrogen-bond donors (Lipinski definition) is 1. The standard InChI is InChI=1S/C29H32Cl2FN3O5S/c1-4-16-33-29(37)20(3)34(18-21-6-15-26(30)27(31)17-21)28(36)19-35(23-9-11-24(12-10-23)40-5-2)41(38,39)25-13-7-22(32)8-14-25/h6-15,17,20H,4-5,16,18-19H2,1-3H3,(H,33,37)/t20-/m1/s1. The van der Waals surface area contributed by atoms with Gasteiger partial charge in [0.05, 0.1) is 27.2 Å². The molecule has 3 aromatic rings. The Labute approximate surface area is 250 Å². The van der Waals surface area contributed by atoms with Crippen LogP contribution in [0.15, 0.2) is 71.6 Å². The summed E-state index contributed by atoms with van der Waals surface area (Å²) in [5.41, 5.74) is 0.778. The lowest BCUT2D eigenvalue weighted by atomic mass is 10.1.